The number of hydrogen-bond acceptors (Lipinski definition) is 6. The van der Waals surface area contributed by atoms with Gasteiger partial charge in [0.1, 0.15) is 0 Å². The minimum atomic E-state index is -3.43. The maximum Gasteiger partial charge on any atom is 0.338 e. The summed E-state index contributed by atoms with van der Waals surface area (Å²) in [5.41, 5.74) is 0.720. The van der Waals surface area contributed by atoms with E-state index in [4.69, 9.17) is 9.47 Å². The summed E-state index contributed by atoms with van der Waals surface area (Å²) in [5, 5.41) is 0. The van der Waals surface area contributed by atoms with Crippen LogP contribution in [0.4, 0.5) is 0 Å². The van der Waals surface area contributed by atoms with E-state index < -0.39 is 15.8 Å². The highest BCUT2D eigenvalue weighted by molar-refractivity contribution is 7.90. The first-order chi connectivity index (χ1) is 11.6. The highest BCUT2D eigenvalue weighted by atomic mass is 32.2. The number of hydrogen-bond donors (Lipinski definition) is 0. The molecule has 138 valence electrons. The van der Waals surface area contributed by atoms with Crippen molar-refractivity contribution in [1.29, 1.82) is 0 Å². The van der Waals surface area contributed by atoms with E-state index in [1.54, 1.807) is 17.9 Å². The largest absolute Gasteiger partial charge is 0.452 e. The van der Waals surface area contributed by atoms with Gasteiger partial charge in [0, 0.05) is 19.3 Å². The second-order valence-corrected chi connectivity index (χ2v) is 8.40. The number of rotatable bonds is 4. The number of benzene rings is 1. The van der Waals surface area contributed by atoms with Crippen molar-refractivity contribution in [2.75, 3.05) is 26.0 Å². The molecule has 1 aliphatic rings. The Morgan fingerprint density at radius 1 is 1.24 bits per heavy atom. The van der Waals surface area contributed by atoms with Crippen molar-refractivity contribution in [3.63, 3.8) is 0 Å². The van der Waals surface area contributed by atoms with Crippen LogP contribution in [0.3, 0.4) is 0 Å². The number of nitrogens with zero attached hydrogens (tertiary/aromatic N) is 1. The summed E-state index contributed by atoms with van der Waals surface area (Å²) in [6.07, 6.45) is 0.922. The Morgan fingerprint density at radius 3 is 2.40 bits per heavy atom. The van der Waals surface area contributed by atoms with E-state index in [1.807, 2.05) is 13.8 Å². The normalized spacial score (nSPS) is 21.0. The van der Waals surface area contributed by atoms with E-state index in [-0.39, 0.29) is 35.2 Å². The monoisotopic (exact) mass is 369 g/mol. The Hall–Kier alpha value is -1.93. The number of esters is 1. The van der Waals surface area contributed by atoms with Gasteiger partial charge in [-0.1, -0.05) is 6.07 Å². The summed E-state index contributed by atoms with van der Waals surface area (Å²) in [7, 11) is -3.43. The highest BCUT2D eigenvalue weighted by Gasteiger charge is 2.26. The maximum atomic E-state index is 12.2. The minimum Gasteiger partial charge on any atom is -0.452 e. The van der Waals surface area contributed by atoms with E-state index in [0.29, 0.717) is 18.7 Å². The van der Waals surface area contributed by atoms with Gasteiger partial charge in [-0.15, -0.1) is 0 Å². The average Bonchev–Trinajstić information content (AvgIpc) is 2.50. The van der Waals surface area contributed by atoms with Crippen molar-refractivity contribution in [1.82, 2.24) is 4.90 Å². The van der Waals surface area contributed by atoms with Crippen LogP contribution in [0.5, 0.6) is 0 Å². The second-order valence-electron chi connectivity index (χ2n) is 6.38. The molecule has 1 aromatic rings. The topological polar surface area (TPSA) is 90.0 Å². The van der Waals surface area contributed by atoms with Gasteiger partial charge >= 0.3 is 5.97 Å². The summed E-state index contributed by atoms with van der Waals surface area (Å²) in [6.45, 7) is 5.94. The lowest BCUT2D eigenvalue weighted by molar-refractivity contribution is -0.146. The molecule has 0 spiro atoms. The molecule has 8 heteroatoms. The van der Waals surface area contributed by atoms with Crippen molar-refractivity contribution < 1.29 is 27.5 Å². The van der Waals surface area contributed by atoms with Gasteiger partial charge < -0.3 is 14.4 Å². The average molecular weight is 369 g/mol. The molecule has 2 unspecified atom stereocenters. The van der Waals surface area contributed by atoms with E-state index in [1.165, 1.54) is 12.1 Å². The molecule has 0 radical (unpaired) electrons. The van der Waals surface area contributed by atoms with Gasteiger partial charge in [-0.25, -0.2) is 13.2 Å². The Morgan fingerprint density at radius 2 is 1.84 bits per heavy atom. The van der Waals surface area contributed by atoms with Crippen LogP contribution in [0.25, 0.3) is 0 Å². The number of sulfone groups is 1. The van der Waals surface area contributed by atoms with Crippen molar-refractivity contribution in [3.8, 4) is 0 Å². The lowest BCUT2D eigenvalue weighted by Crippen LogP contribution is -2.49. The van der Waals surface area contributed by atoms with Gasteiger partial charge in [0.05, 0.1) is 22.7 Å². The summed E-state index contributed by atoms with van der Waals surface area (Å²) < 4.78 is 33.9. The van der Waals surface area contributed by atoms with Crippen molar-refractivity contribution in [2.45, 2.75) is 37.9 Å². The smallest absolute Gasteiger partial charge is 0.338 e. The third-order valence-corrected chi connectivity index (χ3v) is 5.07. The molecule has 1 amide bonds. The quantitative estimate of drug-likeness (QED) is 0.741. The summed E-state index contributed by atoms with van der Waals surface area (Å²) in [6, 6.07) is 4.25. The van der Waals surface area contributed by atoms with E-state index in [0.717, 1.165) is 6.26 Å². The molecule has 2 rings (SSSR count). The number of morpholine rings is 1. The molecule has 0 saturated carbocycles. The molecule has 2 atom stereocenters. The molecular formula is C17H23NO6S. The first-order valence-corrected chi connectivity index (χ1v) is 9.88. The minimum absolute atomic E-state index is 0.0344. The molecule has 0 N–H and O–H groups in total. The maximum absolute atomic E-state index is 12.2. The molecule has 0 aliphatic carbocycles. The van der Waals surface area contributed by atoms with Gasteiger partial charge in [-0.2, -0.15) is 0 Å². The predicted molar refractivity (Wildman–Crippen MR) is 91.2 cm³/mol. The van der Waals surface area contributed by atoms with E-state index in [9.17, 15) is 18.0 Å². The van der Waals surface area contributed by atoms with Gasteiger partial charge in [-0.05, 0) is 38.5 Å². The molecule has 1 aromatic carbocycles. The Kier molecular flexibility index (Phi) is 5.84. The van der Waals surface area contributed by atoms with Crippen LogP contribution >= 0.6 is 0 Å². The Balaban J connectivity index is 2.04. The first-order valence-electron chi connectivity index (χ1n) is 7.99. The fourth-order valence-electron chi connectivity index (χ4n) is 2.73. The number of aryl methyl sites for hydroxylation is 1. The van der Waals surface area contributed by atoms with Crippen LogP contribution in [0, 0.1) is 6.92 Å². The van der Waals surface area contributed by atoms with Crippen LogP contribution in [-0.4, -0.2) is 63.4 Å². The first kappa shape index (κ1) is 19.4. The SMILES string of the molecule is Cc1ccc(S(C)(=O)=O)cc1C(=O)OCC(=O)N1CC(C)OC(C)C1. The lowest BCUT2D eigenvalue weighted by atomic mass is 10.1. The zero-order valence-electron chi connectivity index (χ0n) is 14.8. The molecule has 7 nitrogen and oxygen atoms in total. The van der Waals surface area contributed by atoms with Gasteiger partial charge in [0.2, 0.25) is 0 Å². The molecule has 1 aliphatic heterocycles. The van der Waals surface area contributed by atoms with Gasteiger partial charge in [0.25, 0.3) is 5.91 Å². The molecular weight excluding hydrogens is 346 g/mol. The number of amides is 1. The number of carbonyl (C=O) groups excluding carboxylic acids is 2. The van der Waals surface area contributed by atoms with Crippen LogP contribution in [0.2, 0.25) is 0 Å². The zero-order chi connectivity index (χ0) is 18.8. The van der Waals surface area contributed by atoms with Crippen molar-refractivity contribution in [3.05, 3.63) is 29.3 Å². The highest BCUT2D eigenvalue weighted by Crippen LogP contribution is 2.17. The summed E-state index contributed by atoms with van der Waals surface area (Å²) >= 11 is 0. The van der Waals surface area contributed by atoms with Crippen molar-refractivity contribution in [2.24, 2.45) is 0 Å². The lowest BCUT2D eigenvalue weighted by Gasteiger charge is -2.35. The molecule has 1 heterocycles. The van der Waals surface area contributed by atoms with Crippen molar-refractivity contribution >= 4 is 21.7 Å². The molecule has 0 bridgehead atoms. The fraction of sp³-hybridized carbons (Fsp3) is 0.529. The van der Waals surface area contributed by atoms with E-state index >= 15 is 0 Å². The van der Waals surface area contributed by atoms with E-state index in [2.05, 4.69) is 0 Å². The predicted octanol–water partition coefficient (Wildman–Crippen LogP) is 1.19. The molecule has 1 fully saturated rings. The van der Waals surface area contributed by atoms with Crippen LogP contribution in [0.15, 0.2) is 23.1 Å². The standard InChI is InChI=1S/C17H23NO6S/c1-11-5-6-14(25(4,21)22)7-15(11)17(20)23-10-16(19)18-8-12(2)24-13(3)9-18/h5-7,12-13H,8-10H2,1-4H3. The number of ether oxygens (including phenoxy) is 2. The summed E-state index contributed by atoms with van der Waals surface area (Å²) in [4.78, 5) is 26.1. The third-order valence-electron chi connectivity index (χ3n) is 3.96. The molecule has 25 heavy (non-hydrogen) atoms. The van der Waals surface area contributed by atoms with Gasteiger partial charge in [0.15, 0.2) is 16.4 Å². The Labute approximate surface area is 147 Å². The zero-order valence-corrected chi connectivity index (χ0v) is 15.6. The molecule has 0 aromatic heterocycles. The van der Waals surface area contributed by atoms with Crippen LogP contribution in [0.1, 0.15) is 29.8 Å². The summed E-state index contributed by atoms with van der Waals surface area (Å²) in [5.74, 6) is -1.02. The van der Waals surface area contributed by atoms with Crippen LogP contribution < -0.4 is 0 Å². The fourth-order valence-corrected chi connectivity index (χ4v) is 3.38. The Bertz CT molecular complexity index is 763. The molecule has 1 saturated heterocycles. The number of carbonyl (C=O) groups is 2. The second kappa shape index (κ2) is 7.53. The van der Waals surface area contributed by atoms with Gasteiger partial charge in [-0.3, -0.25) is 4.79 Å². The third kappa shape index (κ3) is 5.02. The van der Waals surface area contributed by atoms with Crippen LogP contribution in [-0.2, 0) is 24.1 Å².